The molecule has 5 heteroatoms. The molecule has 3 heterocycles. The largest absolute Gasteiger partial charge is 0.332 e. The van der Waals surface area contributed by atoms with Crippen LogP contribution < -0.4 is 5.32 Å². The number of carbonyl (C=O) groups excluding carboxylic acids is 1. The van der Waals surface area contributed by atoms with E-state index in [1.807, 2.05) is 10.7 Å². The molecule has 0 spiro atoms. The molecule has 0 aliphatic carbocycles. The number of hydrogen-bond acceptors (Lipinski definition) is 3. The molecule has 0 aromatic carbocycles. The molecule has 2 saturated heterocycles. The number of carbonyl (C=O) groups is 1. The number of fused-ring (bicyclic) bond motifs is 1. The Hall–Kier alpha value is -1.36. The third-order valence-corrected chi connectivity index (χ3v) is 5.28. The Bertz CT molecular complexity index is 539. The van der Waals surface area contributed by atoms with Crippen LogP contribution in [0.2, 0.25) is 0 Å². The molecule has 2 atom stereocenters. The van der Waals surface area contributed by atoms with E-state index in [9.17, 15) is 4.79 Å². The van der Waals surface area contributed by atoms with Crippen molar-refractivity contribution in [2.24, 2.45) is 0 Å². The molecule has 0 radical (unpaired) electrons. The van der Waals surface area contributed by atoms with Gasteiger partial charge in [-0.2, -0.15) is 5.10 Å². The topological polar surface area (TPSA) is 50.2 Å². The second-order valence-electron chi connectivity index (χ2n) is 7.21. The van der Waals surface area contributed by atoms with Gasteiger partial charge in [-0.3, -0.25) is 9.48 Å². The van der Waals surface area contributed by atoms with Crippen LogP contribution in [0, 0.1) is 0 Å². The van der Waals surface area contributed by atoms with Gasteiger partial charge in [0.15, 0.2) is 0 Å². The van der Waals surface area contributed by atoms with Gasteiger partial charge in [0.2, 0.25) is 0 Å². The minimum absolute atomic E-state index is 0.0626. The van der Waals surface area contributed by atoms with Crippen molar-refractivity contribution < 1.29 is 4.79 Å². The molecule has 1 N–H and O–H groups in total. The van der Waals surface area contributed by atoms with Crippen LogP contribution in [0.4, 0.5) is 0 Å². The van der Waals surface area contributed by atoms with Gasteiger partial charge in [0.05, 0.1) is 0 Å². The fourth-order valence-corrected chi connectivity index (χ4v) is 4.09. The van der Waals surface area contributed by atoms with Crippen molar-refractivity contribution in [3.63, 3.8) is 0 Å². The average molecular weight is 304 g/mol. The van der Waals surface area contributed by atoms with Crippen LogP contribution in [-0.4, -0.2) is 45.3 Å². The van der Waals surface area contributed by atoms with Gasteiger partial charge in [-0.05, 0) is 59.1 Å². The van der Waals surface area contributed by atoms with Crippen molar-refractivity contribution in [3.05, 3.63) is 18.0 Å². The Morgan fingerprint density at radius 3 is 3.00 bits per heavy atom. The van der Waals surface area contributed by atoms with Gasteiger partial charge >= 0.3 is 0 Å². The molecule has 1 amide bonds. The Balaban J connectivity index is 1.89. The molecule has 5 nitrogen and oxygen atoms in total. The van der Waals surface area contributed by atoms with E-state index in [1.54, 1.807) is 6.20 Å². The van der Waals surface area contributed by atoms with Gasteiger partial charge in [0, 0.05) is 30.4 Å². The van der Waals surface area contributed by atoms with Gasteiger partial charge in [0.25, 0.3) is 5.91 Å². The Morgan fingerprint density at radius 2 is 2.23 bits per heavy atom. The maximum absolute atomic E-state index is 13.1. The fourth-order valence-electron chi connectivity index (χ4n) is 4.09. The normalized spacial score (nSPS) is 29.3. The van der Waals surface area contributed by atoms with E-state index >= 15 is 0 Å². The second-order valence-corrected chi connectivity index (χ2v) is 7.21. The van der Waals surface area contributed by atoms with Crippen molar-refractivity contribution in [2.45, 2.75) is 70.5 Å². The highest BCUT2D eigenvalue weighted by atomic mass is 16.2. The van der Waals surface area contributed by atoms with Crippen LogP contribution in [0.3, 0.4) is 0 Å². The number of rotatable bonds is 2. The summed E-state index contributed by atoms with van der Waals surface area (Å²) >= 11 is 0. The van der Waals surface area contributed by atoms with E-state index in [1.165, 1.54) is 12.8 Å². The molecular weight excluding hydrogens is 276 g/mol. The SMILES string of the molecule is CC(C)n1nccc1C(=O)N1CCC[C@]2(C)NCCCC[C@H]12. The zero-order valence-electron chi connectivity index (χ0n) is 14.0. The summed E-state index contributed by atoms with van der Waals surface area (Å²) in [5.74, 6) is 0.144. The lowest BCUT2D eigenvalue weighted by molar-refractivity contribution is 0.0367. The van der Waals surface area contributed by atoms with Crippen LogP contribution >= 0.6 is 0 Å². The maximum Gasteiger partial charge on any atom is 0.272 e. The molecule has 3 rings (SSSR count). The Kier molecular flexibility index (Phi) is 4.26. The number of nitrogens with zero attached hydrogens (tertiary/aromatic N) is 3. The van der Waals surface area contributed by atoms with E-state index < -0.39 is 0 Å². The van der Waals surface area contributed by atoms with Crippen LogP contribution in [0.5, 0.6) is 0 Å². The summed E-state index contributed by atoms with van der Waals surface area (Å²) in [5, 5.41) is 8.04. The van der Waals surface area contributed by atoms with Crippen molar-refractivity contribution in [1.82, 2.24) is 20.0 Å². The molecule has 0 bridgehead atoms. The van der Waals surface area contributed by atoms with Crippen molar-refractivity contribution >= 4 is 5.91 Å². The molecule has 122 valence electrons. The van der Waals surface area contributed by atoms with Crippen LogP contribution in [0.25, 0.3) is 0 Å². The zero-order valence-corrected chi connectivity index (χ0v) is 14.0. The first kappa shape index (κ1) is 15.5. The standard InChI is InChI=1S/C17H28N4O/c1-13(2)21-14(8-11-19-21)16(22)20-12-6-9-17(3)15(20)7-4-5-10-18-17/h8,11,13,15,18H,4-7,9-10,12H2,1-3H3/t15-,17-/m0/s1. The van der Waals surface area contributed by atoms with E-state index in [-0.39, 0.29) is 17.5 Å². The highest BCUT2D eigenvalue weighted by Gasteiger charge is 2.43. The second kappa shape index (κ2) is 6.03. The maximum atomic E-state index is 13.1. The fraction of sp³-hybridized carbons (Fsp3) is 0.765. The lowest BCUT2D eigenvalue weighted by atomic mass is 9.81. The van der Waals surface area contributed by atoms with Crippen molar-refractivity contribution in [3.8, 4) is 0 Å². The number of nitrogens with one attached hydrogen (secondary N) is 1. The van der Waals surface area contributed by atoms with E-state index in [0.717, 1.165) is 38.0 Å². The van der Waals surface area contributed by atoms with Gasteiger partial charge < -0.3 is 10.2 Å². The highest BCUT2D eigenvalue weighted by Crippen LogP contribution is 2.33. The van der Waals surface area contributed by atoms with Gasteiger partial charge in [0.1, 0.15) is 5.69 Å². The molecule has 2 aliphatic heterocycles. The molecule has 0 saturated carbocycles. The number of aromatic nitrogens is 2. The molecule has 2 fully saturated rings. The molecule has 0 unspecified atom stereocenters. The van der Waals surface area contributed by atoms with Gasteiger partial charge in [-0.15, -0.1) is 0 Å². The van der Waals surface area contributed by atoms with Gasteiger partial charge in [-0.25, -0.2) is 0 Å². The minimum atomic E-state index is 0.0626. The molecule has 2 aliphatic rings. The summed E-state index contributed by atoms with van der Waals surface area (Å²) in [6.07, 6.45) is 7.47. The van der Waals surface area contributed by atoms with Crippen LogP contribution in [0.1, 0.15) is 69.4 Å². The van der Waals surface area contributed by atoms with Crippen LogP contribution in [-0.2, 0) is 0 Å². The summed E-state index contributed by atoms with van der Waals surface area (Å²) in [6, 6.07) is 2.36. The zero-order chi connectivity index (χ0) is 15.7. The van der Waals surface area contributed by atoms with Crippen molar-refractivity contribution in [2.75, 3.05) is 13.1 Å². The highest BCUT2D eigenvalue weighted by molar-refractivity contribution is 5.93. The first-order valence-corrected chi connectivity index (χ1v) is 8.62. The monoisotopic (exact) mass is 304 g/mol. The molecular formula is C17H28N4O. The van der Waals surface area contributed by atoms with E-state index in [2.05, 4.69) is 36.1 Å². The minimum Gasteiger partial charge on any atom is -0.332 e. The lowest BCUT2D eigenvalue weighted by Gasteiger charge is -2.48. The molecule has 1 aromatic heterocycles. The first-order valence-electron chi connectivity index (χ1n) is 8.62. The molecule has 1 aromatic rings. The predicted octanol–water partition coefficient (Wildman–Crippen LogP) is 2.60. The summed E-state index contributed by atoms with van der Waals surface area (Å²) < 4.78 is 1.85. The first-order chi connectivity index (χ1) is 10.5. The average Bonchev–Trinajstić information content (AvgIpc) is 2.89. The smallest absolute Gasteiger partial charge is 0.272 e. The van der Waals surface area contributed by atoms with E-state index in [4.69, 9.17) is 0 Å². The lowest BCUT2D eigenvalue weighted by Crippen LogP contribution is -2.62. The van der Waals surface area contributed by atoms with E-state index in [0.29, 0.717) is 6.04 Å². The third-order valence-electron chi connectivity index (χ3n) is 5.28. The predicted molar refractivity (Wildman–Crippen MR) is 86.9 cm³/mol. The Morgan fingerprint density at radius 1 is 1.41 bits per heavy atom. The van der Waals surface area contributed by atoms with Gasteiger partial charge in [-0.1, -0.05) is 6.42 Å². The van der Waals surface area contributed by atoms with Crippen molar-refractivity contribution in [1.29, 1.82) is 0 Å². The number of piperidine rings is 1. The third kappa shape index (κ3) is 2.67. The summed E-state index contributed by atoms with van der Waals surface area (Å²) in [6.45, 7) is 8.36. The quantitative estimate of drug-likeness (QED) is 0.913. The summed E-state index contributed by atoms with van der Waals surface area (Å²) in [5.41, 5.74) is 0.788. The Labute approximate surface area is 133 Å². The summed E-state index contributed by atoms with van der Waals surface area (Å²) in [7, 11) is 0. The summed E-state index contributed by atoms with van der Waals surface area (Å²) in [4.78, 5) is 15.2. The molecule has 22 heavy (non-hydrogen) atoms. The number of amides is 1. The number of hydrogen-bond donors (Lipinski definition) is 1. The number of likely N-dealkylation sites (tertiary alicyclic amines) is 1. The van der Waals surface area contributed by atoms with Crippen LogP contribution in [0.15, 0.2) is 12.3 Å².